The van der Waals surface area contributed by atoms with Crippen LogP contribution in [0.25, 0.3) is 20.7 Å². The first-order valence-electron chi connectivity index (χ1n) is 8.72. The Morgan fingerprint density at radius 2 is 1.86 bits per heavy atom. The van der Waals surface area contributed by atoms with Crippen molar-refractivity contribution >= 4 is 39.1 Å². The Morgan fingerprint density at radius 3 is 2.55 bits per heavy atom. The number of hydrogen-bond donors (Lipinski definition) is 1. The number of Topliss-reactive ketones (excluding diaryl/α,β-unsaturated/α-hetero) is 1. The lowest BCUT2D eigenvalue weighted by atomic mass is 10.1. The summed E-state index contributed by atoms with van der Waals surface area (Å²) in [6, 6.07) is 15.1. The summed E-state index contributed by atoms with van der Waals surface area (Å²) in [5.41, 5.74) is 2.60. The standard InChI is InChI=1S/C21H16FN3O2S2/c1-12-2-4-13(5-3-12)17(26)11-28-21-24-16-10-18(14-6-8-15(22)9-7-14)29-19(16)20(27)25(21)23/h2-10H,11,23H2,1H3. The van der Waals surface area contributed by atoms with Crippen LogP contribution in [0.4, 0.5) is 4.39 Å². The minimum absolute atomic E-state index is 0.0679. The van der Waals surface area contributed by atoms with Crippen LogP contribution >= 0.6 is 23.1 Å². The van der Waals surface area contributed by atoms with Gasteiger partial charge in [-0.2, -0.15) is 0 Å². The molecule has 0 atom stereocenters. The number of nitrogens with zero attached hydrogens (tertiary/aromatic N) is 2. The van der Waals surface area contributed by atoms with E-state index >= 15 is 0 Å². The normalized spacial score (nSPS) is 11.1. The molecule has 0 amide bonds. The van der Waals surface area contributed by atoms with Crippen molar-refractivity contribution in [3.05, 3.63) is 81.9 Å². The summed E-state index contributed by atoms with van der Waals surface area (Å²) in [6.07, 6.45) is 0. The number of thioether (sulfide) groups is 1. The molecule has 0 unspecified atom stereocenters. The fraction of sp³-hybridized carbons (Fsp3) is 0.0952. The van der Waals surface area contributed by atoms with Gasteiger partial charge < -0.3 is 5.84 Å². The number of nitrogens with two attached hydrogens (primary N) is 1. The molecular formula is C21H16FN3O2S2. The third kappa shape index (κ3) is 3.94. The number of carbonyl (C=O) groups is 1. The molecular weight excluding hydrogens is 409 g/mol. The zero-order valence-corrected chi connectivity index (χ0v) is 17.0. The summed E-state index contributed by atoms with van der Waals surface area (Å²) in [4.78, 5) is 30.3. The van der Waals surface area contributed by atoms with Gasteiger partial charge in [-0.15, -0.1) is 11.3 Å². The zero-order chi connectivity index (χ0) is 20.5. The van der Waals surface area contributed by atoms with Crippen LogP contribution in [0.5, 0.6) is 0 Å². The molecule has 0 fully saturated rings. The summed E-state index contributed by atoms with van der Waals surface area (Å²) in [7, 11) is 0. The molecule has 2 aromatic heterocycles. The van der Waals surface area contributed by atoms with Gasteiger partial charge in [-0.1, -0.05) is 53.7 Å². The Balaban J connectivity index is 1.62. The third-order valence-corrected chi connectivity index (χ3v) is 6.50. The van der Waals surface area contributed by atoms with Gasteiger partial charge in [0.15, 0.2) is 10.9 Å². The fourth-order valence-corrected chi connectivity index (χ4v) is 4.63. The van der Waals surface area contributed by atoms with Crippen molar-refractivity contribution in [2.45, 2.75) is 12.1 Å². The van der Waals surface area contributed by atoms with E-state index in [0.29, 0.717) is 15.8 Å². The number of nitrogen functional groups attached to an aromatic ring is 1. The lowest BCUT2D eigenvalue weighted by molar-refractivity contribution is 0.102. The monoisotopic (exact) mass is 425 g/mol. The minimum atomic E-state index is -0.376. The summed E-state index contributed by atoms with van der Waals surface area (Å²) >= 11 is 2.38. The SMILES string of the molecule is Cc1ccc(C(=O)CSc2nc3cc(-c4ccc(F)cc4)sc3c(=O)n2N)cc1. The lowest BCUT2D eigenvalue weighted by Gasteiger charge is -2.06. The topological polar surface area (TPSA) is 78.0 Å². The Kier molecular flexibility index (Phi) is 5.21. The average molecular weight is 426 g/mol. The number of aryl methyl sites for hydroxylation is 1. The first kappa shape index (κ1) is 19.4. The van der Waals surface area contributed by atoms with E-state index in [1.54, 1.807) is 30.3 Å². The predicted octanol–water partition coefficient (Wildman–Crippen LogP) is 4.26. The van der Waals surface area contributed by atoms with Gasteiger partial charge in [0.1, 0.15) is 10.5 Å². The molecule has 8 heteroatoms. The molecule has 5 nitrogen and oxygen atoms in total. The minimum Gasteiger partial charge on any atom is -0.334 e. The molecule has 0 aliphatic heterocycles. The van der Waals surface area contributed by atoms with Crippen LogP contribution in [-0.2, 0) is 0 Å². The van der Waals surface area contributed by atoms with Crippen molar-refractivity contribution in [2.24, 2.45) is 0 Å². The third-order valence-electron chi connectivity index (χ3n) is 4.38. The van der Waals surface area contributed by atoms with Gasteiger partial charge in [0.25, 0.3) is 5.56 Å². The van der Waals surface area contributed by atoms with Crippen molar-refractivity contribution in [1.82, 2.24) is 9.66 Å². The Hall–Kier alpha value is -2.97. The van der Waals surface area contributed by atoms with Gasteiger partial charge in [0.2, 0.25) is 0 Å². The number of aromatic nitrogens is 2. The maximum absolute atomic E-state index is 13.2. The molecule has 2 aromatic carbocycles. The first-order chi connectivity index (χ1) is 13.9. The molecule has 0 radical (unpaired) electrons. The first-order valence-corrected chi connectivity index (χ1v) is 10.5. The van der Waals surface area contributed by atoms with E-state index in [9.17, 15) is 14.0 Å². The Bertz CT molecular complexity index is 1260. The van der Waals surface area contributed by atoms with Crippen LogP contribution in [-0.4, -0.2) is 21.2 Å². The molecule has 4 rings (SSSR count). The van der Waals surface area contributed by atoms with Crippen LogP contribution in [0.2, 0.25) is 0 Å². The maximum atomic E-state index is 13.2. The molecule has 146 valence electrons. The fourth-order valence-electron chi connectivity index (χ4n) is 2.78. The van der Waals surface area contributed by atoms with Gasteiger partial charge in [-0.25, -0.2) is 14.1 Å². The van der Waals surface area contributed by atoms with Gasteiger partial charge in [0, 0.05) is 10.4 Å². The van der Waals surface area contributed by atoms with E-state index in [1.165, 1.54) is 23.5 Å². The van der Waals surface area contributed by atoms with Crippen molar-refractivity contribution in [3.8, 4) is 10.4 Å². The molecule has 0 spiro atoms. The van der Waals surface area contributed by atoms with E-state index in [2.05, 4.69) is 4.98 Å². The van der Waals surface area contributed by atoms with E-state index in [0.717, 1.165) is 32.4 Å². The highest BCUT2D eigenvalue weighted by Crippen LogP contribution is 2.32. The molecule has 0 saturated carbocycles. The molecule has 2 N–H and O–H groups in total. The molecule has 0 saturated heterocycles. The Labute approximate surface area is 174 Å². The van der Waals surface area contributed by atoms with Crippen LogP contribution in [0.3, 0.4) is 0 Å². The van der Waals surface area contributed by atoms with E-state index in [-0.39, 0.29) is 28.1 Å². The largest absolute Gasteiger partial charge is 0.334 e. The van der Waals surface area contributed by atoms with Crippen LogP contribution < -0.4 is 11.4 Å². The highest BCUT2D eigenvalue weighted by molar-refractivity contribution is 7.99. The summed E-state index contributed by atoms with van der Waals surface area (Å²) in [5.74, 6) is 5.65. The highest BCUT2D eigenvalue weighted by Gasteiger charge is 2.16. The highest BCUT2D eigenvalue weighted by atomic mass is 32.2. The van der Waals surface area contributed by atoms with Crippen molar-refractivity contribution in [2.75, 3.05) is 11.6 Å². The second kappa shape index (κ2) is 7.81. The Morgan fingerprint density at radius 1 is 1.17 bits per heavy atom. The van der Waals surface area contributed by atoms with Gasteiger partial charge in [-0.3, -0.25) is 9.59 Å². The molecule has 4 aromatic rings. The number of benzene rings is 2. The maximum Gasteiger partial charge on any atom is 0.290 e. The molecule has 0 aliphatic carbocycles. The zero-order valence-electron chi connectivity index (χ0n) is 15.4. The average Bonchev–Trinajstić information content (AvgIpc) is 3.14. The van der Waals surface area contributed by atoms with Crippen molar-refractivity contribution in [3.63, 3.8) is 0 Å². The van der Waals surface area contributed by atoms with Crippen LogP contribution in [0, 0.1) is 12.7 Å². The number of thiophene rings is 1. The van der Waals surface area contributed by atoms with Crippen LogP contribution in [0.1, 0.15) is 15.9 Å². The molecule has 29 heavy (non-hydrogen) atoms. The predicted molar refractivity (Wildman–Crippen MR) is 116 cm³/mol. The second-order valence-electron chi connectivity index (χ2n) is 6.48. The number of rotatable bonds is 5. The number of fused-ring (bicyclic) bond motifs is 1. The second-order valence-corrected chi connectivity index (χ2v) is 8.47. The number of halogens is 1. The van der Waals surface area contributed by atoms with Crippen molar-refractivity contribution in [1.29, 1.82) is 0 Å². The summed E-state index contributed by atoms with van der Waals surface area (Å²) in [5, 5.41) is 0.270. The van der Waals surface area contributed by atoms with Crippen molar-refractivity contribution < 1.29 is 9.18 Å². The number of hydrogen-bond acceptors (Lipinski definition) is 6. The van der Waals surface area contributed by atoms with E-state index in [4.69, 9.17) is 5.84 Å². The van der Waals surface area contributed by atoms with Gasteiger partial charge in [-0.05, 0) is 30.7 Å². The lowest BCUT2D eigenvalue weighted by Crippen LogP contribution is -2.29. The molecule has 0 bridgehead atoms. The quantitative estimate of drug-likeness (QED) is 0.224. The smallest absolute Gasteiger partial charge is 0.290 e. The van der Waals surface area contributed by atoms with Gasteiger partial charge in [0.05, 0.1) is 11.3 Å². The summed E-state index contributed by atoms with van der Waals surface area (Å²) in [6.45, 7) is 1.95. The molecule has 2 heterocycles. The number of ketones is 1. The van der Waals surface area contributed by atoms with Crippen LogP contribution in [0.15, 0.2) is 64.5 Å². The van der Waals surface area contributed by atoms with Gasteiger partial charge >= 0.3 is 0 Å². The number of carbonyl (C=O) groups excluding carboxylic acids is 1. The van der Waals surface area contributed by atoms with E-state index < -0.39 is 0 Å². The summed E-state index contributed by atoms with van der Waals surface area (Å²) < 4.78 is 14.6. The van der Waals surface area contributed by atoms with E-state index in [1.807, 2.05) is 19.1 Å². The molecule has 0 aliphatic rings.